The summed E-state index contributed by atoms with van der Waals surface area (Å²) in [6.07, 6.45) is 1.96. The molecule has 2 rings (SSSR count). The van der Waals surface area contributed by atoms with Crippen molar-refractivity contribution in [1.29, 1.82) is 0 Å². The van der Waals surface area contributed by atoms with Crippen molar-refractivity contribution in [2.45, 2.75) is 65.7 Å². The van der Waals surface area contributed by atoms with E-state index in [9.17, 15) is 4.39 Å². The molecule has 0 aliphatic heterocycles. The highest BCUT2D eigenvalue weighted by Gasteiger charge is 2.19. The van der Waals surface area contributed by atoms with Crippen molar-refractivity contribution in [1.82, 2.24) is 9.55 Å². The Morgan fingerprint density at radius 3 is 2.58 bits per heavy atom. The Bertz CT molecular complexity index is 692. The standard InChI is InChI=1S/C18H29FN2O2Si/c1-7-14-10-16-17(18(23-13(2)3)15(19)11-20-16)21(14)12-22-8-9-24(4,5)6/h10-11,13H,7-9,12H2,1-6H3. The van der Waals surface area contributed by atoms with Crippen LogP contribution in [0.2, 0.25) is 25.7 Å². The van der Waals surface area contributed by atoms with Gasteiger partial charge in [-0.2, -0.15) is 0 Å². The van der Waals surface area contributed by atoms with Gasteiger partial charge in [0.25, 0.3) is 0 Å². The molecule has 6 heteroatoms. The second kappa shape index (κ2) is 7.65. The number of aromatic nitrogens is 2. The monoisotopic (exact) mass is 352 g/mol. The maximum atomic E-state index is 14.3. The number of nitrogens with zero attached hydrogens (tertiary/aromatic N) is 2. The number of hydrogen-bond acceptors (Lipinski definition) is 3. The van der Waals surface area contributed by atoms with Crippen molar-refractivity contribution in [3.8, 4) is 5.75 Å². The normalized spacial score (nSPS) is 12.3. The molecule has 24 heavy (non-hydrogen) atoms. The van der Waals surface area contributed by atoms with Gasteiger partial charge in [0, 0.05) is 20.4 Å². The molecule has 0 radical (unpaired) electrons. The van der Waals surface area contributed by atoms with Gasteiger partial charge in [-0.1, -0.05) is 26.6 Å². The average molecular weight is 353 g/mol. The van der Waals surface area contributed by atoms with Crippen molar-refractivity contribution in [3.05, 3.63) is 23.8 Å². The molecule has 2 aromatic rings. The lowest BCUT2D eigenvalue weighted by molar-refractivity contribution is 0.0879. The molecular weight excluding hydrogens is 323 g/mol. The van der Waals surface area contributed by atoms with Crippen molar-refractivity contribution >= 4 is 19.1 Å². The zero-order valence-electron chi connectivity index (χ0n) is 15.6. The lowest BCUT2D eigenvalue weighted by atomic mass is 10.3. The van der Waals surface area contributed by atoms with Gasteiger partial charge in [-0.05, 0) is 32.4 Å². The smallest absolute Gasteiger partial charge is 0.185 e. The Morgan fingerprint density at radius 2 is 2.00 bits per heavy atom. The zero-order chi connectivity index (χ0) is 17.9. The van der Waals surface area contributed by atoms with Crippen molar-refractivity contribution in [2.24, 2.45) is 0 Å². The summed E-state index contributed by atoms with van der Waals surface area (Å²) in [5.41, 5.74) is 2.51. The van der Waals surface area contributed by atoms with Gasteiger partial charge >= 0.3 is 0 Å². The van der Waals surface area contributed by atoms with Gasteiger partial charge in [0.05, 0.1) is 17.8 Å². The lowest BCUT2D eigenvalue weighted by Gasteiger charge is -2.18. The highest BCUT2D eigenvalue weighted by Crippen LogP contribution is 2.31. The molecule has 4 nitrogen and oxygen atoms in total. The van der Waals surface area contributed by atoms with E-state index >= 15 is 0 Å². The summed E-state index contributed by atoms with van der Waals surface area (Å²) >= 11 is 0. The molecule has 0 fully saturated rings. The quantitative estimate of drug-likeness (QED) is 0.504. The molecular formula is C18H29FN2O2Si. The molecule has 0 aliphatic carbocycles. The minimum Gasteiger partial charge on any atom is -0.486 e. The van der Waals surface area contributed by atoms with E-state index in [0.29, 0.717) is 12.2 Å². The Balaban J connectivity index is 2.34. The van der Waals surface area contributed by atoms with Gasteiger partial charge in [0.1, 0.15) is 12.2 Å². The maximum absolute atomic E-state index is 14.3. The fourth-order valence-corrected chi connectivity index (χ4v) is 3.30. The number of pyridine rings is 1. The zero-order valence-corrected chi connectivity index (χ0v) is 16.6. The van der Waals surface area contributed by atoms with Crippen LogP contribution in [0.25, 0.3) is 11.0 Å². The maximum Gasteiger partial charge on any atom is 0.185 e. The first-order chi connectivity index (χ1) is 11.2. The Morgan fingerprint density at radius 1 is 1.29 bits per heavy atom. The SMILES string of the molecule is CCc1cc2ncc(F)c(OC(C)C)c2n1COCC[Si](C)(C)C. The average Bonchev–Trinajstić information content (AvgIpc) is 2.83. The molecule has 0 spiro atoms. The summed E-state index contributed by atoms with van der Waals surface area (Å²) in [4.78, 5) is 4.22. The van der Waals surface area contributed by atoms with Crippen LogP contribution in [0.1, 0.15) is 26.5 Å². The summed E-state index contributed by atoms with van der Waals surface area (Å²) in [5.74, 6) is -0.163. The molecule has 0 saturated heterocycles. The third-order valence-electron chi connectivity index (χ3n) is 3.84. The molecule has 2 aromatic heterocycles. The molecule has 0 unspecified atom stereocenters. The van der Waals surface area contributed by atoms with Crippen LogP contribution in [-0.4, -0.2) is 30.3 Å². The molecule has 0 bridgehead atoms. The summed E-state index contributed by atoms with van der Waals surface area (Å²) in [6.45, 7) is 14.0. The van der Waals surface area contributed by atoms with Crippen LogP contribution in [0.5, 0.6) is 5.75 Å². The van der Waals surface area contributed by atoms with E-state index in [-0.39, 0.29) is 11.9 Å². The van der Waals surface area contributed by atoms with Gasteiger partial charge in [0.15, 0.2) is 11.6 Å². The first-order valence-electron chi connectivity index (χ1n) is 8.64. The number of halogens is 1. The number of ether oxygens (including phenoxy) is 2. The molecule has 134 valence electrons. The molecule has 0 amide bonds. The van der Waals surface area contributed by atoms with Gasteiger partial charge in [-0.15, -0.1) is 0 Å². The van der Waals surface area contributed by atoms with E-state index < -0.39 is 13.9 Å². The Labute approximate surface area is 145 Å². The van der Waals surface area contributed by atoms with Crippen LogP contribution < -0.4 is 4.74 Å². The minimum absolute atomic E-state index is 0.105. The summed E-state index contributed by atoms with van der Waals surface area (Å²) < 4.78 is 27.9. The molecule has 0 N–H and O–H groups in total. The predicted octanol–water partition coefficient (Wildman–Crippen LogP) is 4.84. The summed E-state index contributed by atoms with van der Waals surface area (Å²) in [7, 11) is -1.13. The molecule has 0 aromatic carbocycles. The lowest BCUT2D eigenvalue weighted by Crippen LogP contribution is -2.22. The van der Waals surface area contributed by atoms with Gasteiger partial charge < -0.3 is 14.0 Å². The number of aryl methyl sites for hydroxylation is 1. The Hall–Kier alpha value is -1.40. The van der Waals surface area contributed by atoms with E-state index in [2.05, 4.69) is 31.5 Å². The van der Waals surface area contributed by atoms with Crippen molar-refractivity contribution in [2.75, 3.05) is 6.61 Å². The first kappa shape index (κ1) is 18.9. The van der Waals surface area contributed by atoms with E-state index in [1.54, 1.807) is 0 Å². The van der Waals surface area contributed by atoms with Crippen LogP contribution in [0.4, 0.5) is 4.39 Å². The molecule has 0 saturated carbocycles. The predicted molar refractivity (Wildman–Crippen MR) is 98.9 cm³/mol. The fraction of sp³-hybridized carbons (Fsp3) is 0.611. The van der Waals surface area contributed by atoms with Gasteiger partial charge in [-0.3, -0.25) is 4.98 Å². The number of hydrogen-bond donors (Lipinski definition) is 0. The van der Waals surface area contributed by atoms with Crippen LogP contribution >= 0.6 is 0 Å². The van der Waals surface area contributed by atoms with Crippen molar-refractivity contribution < 1.29 is 13.9 Å². The van der Waals surface area contributed by atoms with Crippen LogP contribution in [0.3, 0.4) is 0 Å². The highest BCUT2D eigenvalue weighted by molar-refractivity contribution is 6.76. The van der Waals surface area contributed by atoms with Crippen molar-refractivity contribution in [3.63, 3.8) is 0 Å². The largest absolute Gasteiger partial charge is 0.486 e. The van der Waals surface area contributed by atoms with Crippen LogP contribution in [0, 0.1) is 5.82 Å². The Kier molecular flexibility index (Phi) is 6.04. The van der Waals surface area contributed by atoms with E-state index in [1.165, 1.54) is 6.20 Å². The second-order valence-electron chi connectivity index (χ2n) is 7.60. The first-order valence-corrected chi connectivity index (χ1v) is 12.3. The van der Waals surface area contributed by atoms with E-state index in [1.807, 2.05) is 24.5 Å². The van der Waals surface area contributed by atoms with Gasteiger partial charge in [-0.25, -0.2) is 4.39 Å². The van der Waals surface area contributed by atoms with E-state index in [0.717, 1.165) is 30.3 Å². The topological polar surface area (TPSA) is 36.3 Å². The highest BCUT2D eigenvalue weighted by atomic mass is 28.3. The summed E-state index contributed by atoms with van der Waals surface area (Å²) in [6, 6.07) is 3.10. The van der Waals surface area contributed by atoms with Gasteiger partial charge in [0.2, 0.25) is 0 Å². The minimum atomic E-state index is -1.13. The number of rotatable bonds is 8. The third kappa shape index (κ3) is 4.57. The summed E-state index contributed by atoms with van der Waals surface area (Å²) in [5, 5.41) is 0. The second-order valence-corrected chi connectivity index (χ2v) is 13.2. The molecule has 0 atom stereocenters. The van der Waals surface area contributed by atoms with E-state index in [4.69, 9.17) is 9.47 Å². The fourth-order valence-electron chi connectivity index (χ4n) is 2.54. The van der Waals surface area contributed by atoms with Crippen LogP contribution in [-0.2, 0) is 17.9 Å². The molecule has 2 heterocycles. The number of fused-ring (bicyclic) bond motifs is 1. The van der Waals surface area contributed by atoms with Crippen LogP contribution in [0.15, 0.2) is 12.3 Å². The third-order valence-corrected chi connectivity index (χ3v) is 5.55. The molecule has 0 aliphatic rings.